The fraction of sp³-hybridized carbons (Fsp3) is 0.269. The molecule has 1 amide bonds. The van der Waals surface area contributed by atoms with Gasteiger partial charge in [-0.05, 0) is 48.4 Å². The molecule has 156 valence electrons. The number of carbonyl (C=O) groups excluding carboxylic acids is 1. The zero-order valence-corrected chi connectivity index (χ0v) is 17.5. The summed E-state index contributed by atoms with van der Waals surface area (Å²) in [5, 5.41) is 2.94. The summed E-state index contributed by atoms with van der Waals surface area (Å²) in [6.07, 6.45) is 4.53. The van der Waals surface area contributed by atoms with Gasteiger partial charge in [-0.3, -0.25) is 4.79 Å². The van der Waals surface area contributed by atoms with Gasteiger partial charge in [-0.2, -0.15) is 0 Å². The molecule has 3 rings (SSSR count). The summed E-state index contributed by atoms with van der Waals surface area (Å²) in [5.41, 5.74) is 2.36. The highest BCUT2D eigenvalue weighted by atomic mass is 16.5. The van der Waals surface area contributed by atoms with Crippen LogP contribution in [0.2, 0.25) is 0 Å². The molecule has 1 N–H and O–H groups in total. The van der Waals surface area contributed by atoms with Crippen molar-refractivity contribution in [1.82, 2.24) is 0 Å². The molecule has 0 heterocycles. The van der Waals surface area contributed by atoms with E-state index in [1.165, 1.54) is 12.8 Å². The monoisotopic (exact) mass is 403 g/mol. The van der Waals surface area contributed by atoms with Crippen molar-refractivity contribution in [2.24, 2.45) is 0 Å². The van der Waals surface area contributed by atoms with Gasteiger partial charge >= 0.3 is 0 Å². The Morgan fingerprint density at radius 2 is 1.53 bits per heavy atom. The number of hydrogen-bond acceptors (Lipinski definition) is 3. The Bertz CT molecular complexity index is 907. The summed E-state index contributed by atoms with van der Waals surface area (Å²) in [4.78, 5) is 12.7. The molecule has 4 heteroatoms. The standard InChI is InChI=1S/C26H29NO3/c1-2-3-4-10-19-29-25-14-9-8-13-24(25)26(28)27-22-15-17-23(18-16-22)30-20-21-11-6-5-7-12-21/h5-9,11-18H,2-4,10,19-20H2,1H3,(H,27,28). The van der Waals surface area contributed by atoms with Gasteiger partial charge in [0.25, 0.3) is 5.91 Å². The van der Waals surface area contributed by atoms with E-state index in [9.17, 15) is 4.79 Å². The van der Waals surface area contributed by atoms with Crippen LogP contribution >= 0.6 is 0 Å². The third kappa shape index (κ3) is 6.66. The predicted molar refractivity (Wildman–Crippen MR) is 121 cm³/mol. The molecule has 0 aliphatic carbocycles. The van der Waals surface area contributed by atoms with Crippen LogP contribution in [0.25, 0.3) is 0 Å². The summed E-state index contributed by atoms with van der Waals surface area (Å²) < 4.78 is 11.7. The lowest BCUT2D eigenvalue weighted by molar-refractivity contribution is 0.102. The molecule has 0 spiro atoms. The maximum absolute atomic E-state index is 12.7. The second-order valence-electron chi connectivity index (χ2n) is 7.16. The van der Waals surface area contributed by atoms with E-state index in [0.29, 0.717) is 30.2 Å². The smallest absolute Gasteiger partial charge is 0.259 e. The van der Waals surface area contributed by atoms with Gasteiger partial charge in [0.15, 0.2) is 0 Å². The maximum Gasteiger partial charge on any atom is 0.259 e. The van der Waals surface area contributed by atoms with Crippen LogP contribution < -0.4 is 14.8 Å². The van der Waals surface area contributed by atoms with E-state index >= 15 is 0 Å². The molecule has 0 saturated heterocycles. The van der Waals surface area contributed by atoms with Crippen LogP contribution in [0.1, 0.15) is 48.5 Å². The van der Waals surface area contributed by atoms with E-state index in [1.54, 1.807) is 6.07 Å². The number of para-hydroxylation sites is 1. The average molecular weight is 404 g/mol. The number of carbonyl (C=O) groups is 1. The molecule has 3 aromatic carbocycles. The minimum Gasteiger partial charge on any atom is -0.493 e. The third-order valence-corrected chi connectivity index (χ3v) is 4.75. The number of nitrogens with one attached hydrogen (secondary N) is 1. The maximum atomic E-state index is 12.7. The van der Waals surface area contributed by atoms with E-state index in [2.05, 4.69) is 12.2 Å². The Labute approximate surface area is 178 Å². The van der Waals surface area contributed by atoms with Crippen molar-refractivity contribution in [3.8, 4) is 11.5 Å². The highest BCUT2D eigenvalue weighted by Crippen LogP contribution is 2.22. The lowest BCUT2D eigenvalue weighted by atomic mass is 10.1. The first-order chi connectivity index (χ1) is 14.8. The summed E-state index contributed by atoms with van der Waals surface area (Å²) in [6, 6.07) is 24.8. The Morgan fingerprint density at radius 3 is 2.30 bits per heavy atom. The number of rotatable bonds is 11. The van der Waals surface area contributed by atoms with Crippen molar-refractivity contribution in [3.63, 3.8) is 0 Å². The largest absolute Gasteiger partial charge is 0.493 e. The lowest BCUT2D eigenvalue weighted by Gasteiger charge is -2.12. The van der Waals surface area contributed by atoms with E-state index in [1.807, 2.05) is 72.8 Å². The van der Waals surface area contributed by atoms with Crippen molar-refractivity contribution >= 4 is 11.6 Å². The van der Waals surface area contributed by atoms with E-state index in [-0.39, 0.29) is 5.91 Å². The molecule has 0 saturated carbocycles. The van der Waals surface area contributed by atoms with Crippen molar-refractivity contribution in [2.45, 2.75) is 39.2 Å². The van der Waals surface area contributed by atoms with Crippen LogP contribution in [0, 0.1) is 0 Å². The SMILES string of the molecule is CCCCCCOc1ccccc1C(=O)Nc1ccc(OCc2ccccc2)cc1. The third-order valence-electron chi connectivity index (χ3n) is 4.75. The van der Waals surface area contributed by atoms with Gasteiger partial charge in [0.1, 0.15) is 18.1 Å². The van der Waals surface area contributed by atoms with Crippen LogP contribution in [0.3, 0.4) is 0 Å². The number of hydrogen-bond donors (Lipinski definition) is 1. The van der Waals surface area contributed by atoms with Gasteiger partial charge in [0.2, 0.25) is 0 Å². The number of ether oxygens (including phenoxy) is 2. The minimum absolute atomic E-state index is 0.183. The second-order valence-corrected chi connectivity index (χ2v) is 7.16. The molecule has 0 aliphatic rings. The molecule has 3 aromatic rings. The predicted octanol–water partition coefficient (Wildman–Crippen LogP) is 6.48. The quantitative estimate of drug-likeness (QED) is 0.373. The van der Waals surface area contributed by atoms with Gasteiger partial charge in [-0.1, -0.05) is 68.7 Å². The normalized spacial score (nSPS) is 10.4. The highest BCUT2D eigenvalue weighted by Gasteiger charge is 2.12. The van der Waals surface area contributed by atoms with E-state index in [4.69, 9.17) is 9.47 Å². The number of unbranched alkanes of at least 4 members (excludes halogenated alkanes) is 3. The molecule has 0 aromatic heterocycles. The van der Waals surface area contributed by atoms with Crippen molar-refractivity contribution < 1.29 is 14.3 Å². The molecule has 0 atom stereocenters. The van der Waals surface area contributed by atoms with Crippen LogP contribution in [-0.2, 0) is 6.61 Å². The van der Waals surface area contributed by atoms with Crippen molar-refractivity contribution in [1.29, 1.82) is 0 Å². The molecule has 0 bridgehead atoms. The number of anilines is 1. The fourth-order valence-electron chi connectivity index (χ4n) is 3.06. The van der Waals surface area contributed by atoms with Crippen LogP contribution in [0.5, 0.6) is 11.5 Å². The highest BCUT2D eigenvalue weighted by molar-refractivity contribution is 6.06. The van der Waals surface area contributed by atoms with E-state index < -0.39 is 0 Å². The first-order valence-electron chi connectivity index (χ1n) is 10.6. The van der Waals surface area contributed by atoms with Gasteiger partial charge < -0.3 is 14.8 Å². The summed E-state index contributed by atoms with van der Waals surface area (Å²) in [6.45, 7) is 3.32. The van der Waals surface area contributed by atoms with Crippen molar-refractivity contribution in [2.75, 3.05) is 11.9 Å². The number of benzene rings is 3. The lowest BCUT2D eigenvalue weighted by Crippen LogP contribution is -2.14. The van der Waals surface area contributed by atoms with Crippen LogP contribution in [0.4, 0.5) is 5.69 Å². The Kier molecular flexibility index (Phi) is 8.34. The summed E-state index contributed by atoms with van der Waals surface area (Å²) >= 11 is 0. The molecule has 4 nitrogen and oxygen atoms in total. The fourth-order valence-corrected chi connectivity index (χ4v) is 3.06. The van der Waals surface area contributed by atoms with Gasteiger partial charge in [-0.25, -0.2) is 0 Å². The first-order valence-corrected chi connectivity index (χ1v) is 10.6. The molecule has 0 aliphatic heterocycles. The number of amides is 1. The molecule has 0 fully saturated rings. The summed E-state index contributed by atoms with van der Waals surface area (Å²) in [7, 11) is 0. The van der Waals surface area contributed by atoms with Gasteiger partial charge in [0.05, 0.1) is 12.2 Å². The van der Waals surface area contributed by atoms with Crippen molar-refractivity contribution in [3.05, 3.63) is 90.0 Å². The molecule has 0 radical (unpaired) electrons. The molecule has 0 unspecified atom stereocenters. The van der Waals surface area contributed by atoms with Gasteiger partial charge in [0, 0.05) is 5.69 Å². The van der Waals surface area contributed by atoms with Crippen LogP contribution in [0.15, 0.2) is 78.9 Å². The zero-order chi connectivity index (χ0) is 21.0. The molecular weight excluding hydrogens is 374 g/mol. The zero-order valence-electron chi connectivity index (χ0n) is 17.5. The Morgan fingerprint density at radius 1 is 0.800 bits per heavy atom. The first kappa shape index (κ1) is 21.4. The summed E-state index contributed by atoms with van der Waals surface area (Å²) in [5.74, 6) is 1.19. The van der Waals surface area contributed by atoms with Gasteiger partial charge in [-0.15, -0.1) is 0 Å². The second kappa shape index (κ2) is 11.7. The topological polar surface area (TPSA) is 47.6 Å². The minimum atomic E-state index is -0.183. The average Bonchev–Trinajstić information content (AvgIpc) is 2.79. The molecule has 30 heavy (non-hydrogen) atoms. The van der Waals surface area contributed by atoms with E-state index in [0.717, 1.165) is 24.2 Å². The Balaban J connectivity index is 1.54. The van der Waals surface area contributed by atoms with Crippen LogP contribution in [-0.4, -0.2) is 12.5 Å². The Hall–Kier alpha value is -3.27. The molecular formula is C26H29NO3.